The highest BCUT2D eigenvalue weighted by Gasteiger charge is 2.37. The van der Waals surface area contributed by atoms with Crippen LogP contribution in [-0.2, 0) is 18.0 Å². The molecule has 30 heavy (non-hydrogen) atoms. The Kier molecular flexibility index (Phi) is 4.86. The van der Waals surface area contributed by atoms with Gasteiger partial charge in [0.15, 0.2) is 5.82 Å². The van der Waals surface area contributed by atoms with Gasteiger partial charge < -0.3 is 0 Å². The molecule has 0 N–H and O–H groups in total. The monoisotopic (exact) mass is 422 g/mol. The summed E-state index contributed by atoms with van der Waals surface area (Å²) in [6.45, 7) is 5.74. The molecule has 1 aromatic carbocycles. The van der Waals surface area contributed by atoms with Crippen molar-refractivity contribution in [1.82, 2.24) is 29.6 Å². The lowest BCUT2D eigenvalue weighted by molar-refractivity contribution is 0.314. The first kappa shape index (κ1) is 19.6. The van der Waals surface area contributed by atoms with E-state index in [0.717, 1.165) is 67.4 Å². The SMILES string of the molecule is Cc1cnc(C)c(C2CCC(Cl)(c3ccc4c(c3)CN(C)Cc3nncn3-4)CC2)n1. The molecule has 0 unspecified atom stereocenters. The molecule has 0 amide bonds. The van der Waals surface area contributed by atoms with Crippen molar-refractivity contribution in [1.29, 1.82) is 0 Å². The zero-order valence-corrected chi connectivity index (χ0v) is 18.5. The van der Waals surface area contributed by atoms with E-state index >= 15 is 0 Å². The summed E-state index contributed by atoms with van der Waals surface area (Å²) in [4.78, 5) is 11.2. The van der Waals surface area contributed by atoms with Crippen LogP contribution in [0.15, 0.2) is 30.7 Å². The standard InChI is InChI=1S/C23H27ClN6/c1-15-11-25-16(2)22(27-15)17-6-8-23(24,9-7-17)19-4-5-20-18(10-19)12-29(3)13-21-28-26-14-30(20)21/h4-5,10-11,14,17H,6-9,12-13H2,1-3H3. The van der Waals surface area contributed by atoms with E-state index in [1.807, 2.05) is 13.1 Å². The third kappa shape index (κ3) is 3.42. The van der Waals surface area contributed by atoms with E-state index in [4.69, 9.17) is 16.6 Å². The van der Waals surface area contributed by atoms with Crippen LogP contribution in [0.1, 0.15) is 65.6 Å². The molecule has 5 rings (SSSR count). The maximum atomic E-state index is 7.24. The molecule has 0 atom stereocenters. The quantitative estimate of drug-likeness (QED) is 0.572. The molecule has 2 aliphatic rings. The fourth-order valence-corrected chi connectivity index (χ4v) is 5.30. The maximum Gasteiger partial charge on any atom is 0.151 e. The van der Waals surface area contributed by atoms with E-state index in [-0.39, 0.29) is 4.87 Å². The van der Waals surface area contributed by atoms with E-state index in [1.54, 1.807) is 6.33 Å². The number of halogens is 1. The van der Waals surface area contributed by atoms with Gasteiger partial charge in [-0.15, -0.1) is 21.8 Å². The summed E-state index contributed by atoms with van der Waals surface area (Å²) < 4.78 is 2.10. The number of benzene rings is 1. The number of hydrogen-bond donors (Lipinski definition) is 0. The minimum atomic E-state index is -0.322. The van der Waals surface area contributed by atoms with Crippen molar-refractivity contribution in [3.63, 3.8) is 0 Å². The molecular formula is C23H27ClN6. The van der Waals surface area contributed by atoms with Crippen LogP contribution in [-0.4, -0.2) is 36.7 Å². The first-order chi connectivity index (χ1) is 14.4. The molecular weight excluding hydrogens is 396 g/mol. The largest absolute Gasteiger partial charge is 0.295 e. The molecule has 6 nitrogen and oxygen atoms in total. The molecule has 156 valence electrons. The van der Waals surface area contributed by atoms with Crippen molar-refractivity contribution in [3.05, 3.63) is 64.8 Å². The number of aryl methyl sites for hydroxylation is 2. The molecule has 1 saturated carbocycles. The maximum absolute atomic E-state index is 7.24. The fourth-order valence-electron chi connectivity index (χ4n) is 4.96. The van der Waals surface area contributed by atoms with E-state index in [9.17, 15) is 0 Å². The Bertz CT molecular complexity index is 1080. The average Bonchev–Trinajstić information content (AvgIpc) is 3.13. The molecule has 0 radical (unpaired) electrons. The normalized spacial score (nSPS) is 24.2. The van der Waals surface area contributed by atoms with Gasteiger partial charge in [-0.2, -0.15) is 0 Å². The number of fused-ring (bicyclic) bond motifs is 3. The Morgan fingerprint density at radius 2 is 1.93 bits per heavy atom. The second kappa shape index (κ2) is 7.43. The lowest BCUT2D eigenvalue weighted by Crippen LogP contribution is -2.27. The number of hydrogen-bond acceptors (Lipinski definition) is 5. The van der Waals surface area contributed by atoms with Crippen molar-refractivity contribution in [2.45, 2.75) is 63.4 Å². The summed E-state index contributed by atoms with van der Waals surface area (Å²) in [5.74, 6) is 1.41. The van der Waals surface area contributed by atoms with E-state index in [1.165, 1.54) is 11.1 Å². The van der Waals surface area contributed by atoms with Crippen molar-refractivity contribution in [3.8, 4) is 5.69 Å². The molecule has 3 heterocycles. The Hall–Kier alpha value is -2.31. The molecule has 1 fully saturated rings. The van der Waals surface area contributed by atoms with Crippen LogP contribution >= 0.6 is 11.6 Å². The van der Waals surface area contributed by atoms with Gasteiger partial charge in [-0.25, -0.2) is 0 Å². The lowest BCUT2D eigenvalue weighted by atomic mass is 9.76. The third-order valence-electron chi connectivity index (χ3n) is 6.60. The molecule has 0 spiro atoms. The highest BCUT2D eigenvalue weighted by molar-refractivity contribution is 6.24. The van der Waals surface area contributed by atoms with Gasteiger partial charge in [-0.3, -0.25) is 19.4 Å². The van der Waals surface area contributed by atoms with Crippen molar-refractivity contribution in [2.75, 3.05) is 7.05 Å². The van der Waals surface area contributed by atoms with Crippen LogP contribution in [0.2, 0.25) is 0 Å². The molecule has 7 heteroatoms. The molecule has 1 aliphatic heterocycles. The summed E-state index contributed by atoms with van der Waals surface area (Å²) >= 11 is 7.24. The predicted octanol–water partition coefficient (Wildman–Crippen LogP) is 4.41. The number of nitrogens with zero attached hydrogens (tertiary/aromatic N) is 6. The van der Waals surface area contributed by atoms with Gasteiger partial charge in [0.1, 0.15) is 6.33 Å². The van der Waals surface area contributed by atoms with Crippen LogP contribution in [0.4, 0.5) is 0 Å². The van der Waals surface area contributed by atoms with E-state index < -0.39 is 0 Å². The second-order valence-electron chi connectivity index (χ2n) is 8.85. The Morgan fingerprint density at radius 3 is 2.73 bits per heavy atom. The van der Waals surface area contributed by atoms with Crippen LogP contribution in [0.5, 0.6) is 0 Å². The van der Waals surface area contributed by atoms with Crippen LogP contribution < -0.4 is 0 Å². The first-order valence-electron chi connectivity index (χ1n) is 10.6. The van der Waals surface area contributed by atoms with Crippen LogP contribution in [0, 0.1) is 13.8 Å². The van der Waals surface area contributed by atoms with Gasteiger partial charge in [0, 0.05) is 18.7 Å². The highest BCUT2D eigenvalue weighted by atomic mass is 35.5. The van der Waals surface area contributed by atoms with Crippen molar-refractivity contribution < 1.29 is 0 Å². The van der Waals surface area contributed by atoms with Crippen molar-refractivity contribution >= 4 is 11.6 Å². The van der Waals surface area contributed by atoms with Crippen molar-refractivity contribution in [2.24, 2.45) is 0 Å². The number of aromatic nitrogens is 5. The highest BCUT2D eigenvalue weighted by Crippen LogP contribution is 2.48. The molecule has 1 aliphatic carbocycles. The number of alkyl halides is 1. The van der Waals surface area contributed by atoms with Gasteiger partial charge in [0.05, 0.1) is 34.2 Å². The molecule has 0 saturated heterocycles. The average molecular weight is 423 g/mol. The van der Waals surface area contributed by atoms with Crippen LogP contribution in [0.25, 0.3) is 5.69 Å². The van der Waals surface area contributed by atoms with Gasteiger partial charge in [0.25, 0.3) is 0 Å². The van der Waals surface area contributed by atoms with Gasteiger partial charge in [-0.05, 0) is 63.8 Å². The topological polar surface area (TPSA) is 59.7 Å². The number of rotatable bonds is 2. The van der Waals surface area contributed by atoms with Gasteiger partial charge in [-0.1, -0.05) is 12.1 Å². The van der Waals surface area contributed by atoms with Gasteiger partial charge >= 0.3 is 0 Å². The van der Waals surface area contributed by atoms with Gasteiger partial charge in [0.2, 0.25) is 0 Å². The lowest BCUT2D eigenvalue weighted by Gasteiger charge is -2.36. The minimum Gasteiger partial charge on any atom is -0.295 e. The summed E-state index contributed by atoms with van der Waals surface area (Å²) in [5.41, 5.74) is 6.83. The summed E-state index contributed by atoms with van der Waals surface area (Å²) in [7, 11) is 2.12. The Morgan fingerprint density at radius 1 is 1.13 bits per heavy atom. The summed E-state index contributed by atoms with van der Waals surface area (Å²) in [6.07, 6.45) is 7.62. The molecule has 0 bridgehead atoms. The van der Waals surface area contributed by atoms with E-state index in [2.05, 4.69) is 56.8 Å². The smallest absolute Gasteiger partial charge is 0.151 e. The summed E-state index contributed by atoms with van der Waals surface area (Å²) in [6, 6.07) is 6.67. The summed E-state index contributed by atoms with van der Waals surface area (Å²) in [5, 5.41) is 8.38. The fraction of sp³-hybridized carbons (Fsp3) is 0.478. The first-order valence-corrected chi connectivity index (χ1v) is 11.0. The zero-order chi connectivity index (χ0) is 20.9. The Balaban J connectivity index is 1.41. The minimum absolute atomic E-state index is 0.322. The molecule has 3 aromatic rings. The zero-order valence-electron chi connectivity index (χ0n) is 17.8. The Labute approximate surface area is 182 Å². The third-order valence-corrected chi connectivity index (χ3v) is 7.20. The molecule has 2 aromatic heterocycles. The second-order valence-corrected chi connectivity index (χ2v) is 9.58. The van der Waals surface area contributed by atoms with Crippen LogP contribution in [0.3, 0.4) is 0 Å². The van der Waals surface area contributed by atoms with E-state index in [0.29, 0.717) is 5.92 Å². The predicted molar refractivity (Wildman–Crippen MR) is 117 cm³/mol.